The first-order valence-corrected chi connectivity index (χ1v) is 13.3. The topological polar surface area (TPSA) is 139 Å². The molecule has 2 rings (SSSR count). The zero-order valence-electron chi connectivity index (χ0n) is 20.8. The van der Waals surface area contributed by atoms with Crippen LogP contribution in [0.3, 0.4) is 0 Å². The average molecular weight is 521 g/mol. The van der Waals surface area contributed by atoms with Gasteiger partial charge in [-0.3, -0.25) is 24.0 Å². The van der Waals surface area contributed by atoms with Crippen molar-refractivity contribution in [1.29, 1.82) is 0 Å². The third-order valence-electron chi connectivity index (χ3n) is 5.51. The van der Waals surface area contributed by atoms with Gasteiger partial charge in [0.15, 0.2) is 0 Å². The molecule has 0 spiro atoms. The molecular formula is C24H32N4O7S. The number of rotatable bonds is 13. The fraction of sp³-hybridized carbons (Fsp3) is 0.417. The average Bonchev–Trinajstić information content (AvgIpc) is 2.84. The van der Waals surface area contributed by atoms with Gasteiger partial charge in [-0.2, -0.15) is 0 Å². The lowest BCUT2D eigenvalue weighted by molar-refractivity contribution is -0.384. The first kappa shape index (κ1) is 28.6. The van der Waals surface area contributed by atoms with Gasteiger partial charge in [-0.1, -0.05) is 43.7 Å². The number of sulfonamides is 1. The summed E-state index contributed by atoms with van der Waals surface area (Å²) in [6.45, 7) is 3.39. The van der Waals surface area contributed by atoms with Gasteiger partial charge in [-0.25, -0.2) is 8.42 Å². The third kappa shape index (κ3) is 7.67. The van der Waals surface area contributed by atoms with Crippen molar-refractivity contribution in [3.05, 3.63) is 64.2 Å². The molecule has 0 aliphatic carbocycles. The van der Waals surface area contributed by atoms with E-state index in [0.717, 1.165) is 35.0 Å². The highest BCUT2D eigenvalue weighted by atomic mass is 32.2. The number of non-ortho nitro benzene ring substituents is 1. The van der Waals surface area contributed by atoms with E-state index in [0.29, 0.717) is 6.54 Å². The van der Waals surface area contributed by atoms with Crippen molar-refractivity contribution in [1.82, 2.24) is 10.2 Å². The van der Waals surface area contributed by atoms with Gasteiger partial charge in [0.1, 0.15) is 24.0 Å². The lowest BCUT2D eigenvalue weighted by Gasteiger charge is -2.31. The van der Waals surface area contributed by atoms with E-state index in [4.69, 9.17) is 4.74 Å². The normalized spacial score (nSPS) is 11.9. The van der Waals surface area contributed by atoms with Gasteiger partial charge in [-0.05, 0) is 25.0 Å². The minimum atomic E-state index is -4.08. The van der Waals surface area contributed by atoms with Gasteiger partial charge >= 0.3 is 0 Å². The van der Waals surface area contributed by atoms with E-state index < -0.39 is 33.4 Å². The standard InChI is InChI=1S/C24H32N4O7S/c1-5-6-14-25-24(30)18(2)26(16-19-10-8-7-9-11-19)23(29)17-27(36(4,33)34)21-15-20(28(31)32)12-13-22(21)35-3/h7-13,15,18H,5-6,14,16-17H2,1-4H3,(H,25,30)/t18-/m1/s1. The second kappa shape index (κ2) is 12.9. The summed E-state index contributed by atoms with van der Waals surface area (Å²) in [6.07, 6.45) is 2.55. The molecule has 0 bridgehead atoms. The molecule has 0 aromatic heterocycles. The largest absolute Gasteiger partial charge is 0.495 e. The Morgan fingerprint density at radius 3 is 2.39 bits per heavy atom. The van der Waals surface area contributed by atoms with Crippen molar-refractivity contribution < 1.29 is 27.7 Å². The first-order valence-electron chi connectivity index (χ1n) is 11.4. The number of hydrogen-bond acceptors (Lipinski definition) is 7. The van der Waals surface area contributed by atoms with Crippen LogP contribution in [0.4, 0.5) is 11.4 Å². The maximum atomic E-state index is 13.5. The molecule has 0 aliphatic heterocycles. The number of nitrogens with zero attached hydrogens (tertiary/aromatic N) is 3. The summed E-state index contributed by atoms with van der Waals surface area (Å²) in [4.78, 5) is 38.3. The maximum absolute atomic E-state index is 13.5. The molecule has 0 fully saturated rings. The van der Waals surface area contributed by atoms with E-state index >= 15 is 0 Å². The highest BCUT2D eigenvalue weighted by Crippen LogP contribution is 2.33. The van der Waals surface area contributed by atoms with Crippen LogP contribution in [-0.2, 0) is 26.2 Å². The molecule has 2 aromatic rings. The van der Waals surface area contributed by atoms with Crippen molar-refractivity contribution >= 4 is 33.2 Å². The monoisotopic (exact) mass is 520 g/mol. The number of anilines is 1. The van der Waals surface area contributed by atoms with E-state index in [9.17, 15) is 28.1 Å². The van der Waals surface area contributed by atoms with Crippen molar-refractivity contribution in [3.63, 3.8) is 0 Å². The van der Waals surface area contributed by atoms with Crippen LogP contribution in [0.1, 0.15) is 32.3 Å². The van der Waals surface area contributed by atoms with Crippen LogP contribution in [0.5, 0.6) is 5.75 Å². The summed E-state index contributed by atoms with van der Waals surface area (Å²) in [5.74, 6) is -0.985. The molecule has 1 atom stereocenters. The van der Waals surface area contributed by atoms with Crippen molar-refractivity contribution in [3.8, 4) is 5.75 Å². The molecule has 36 heavy (non-hydrogen) atoms. The number of carbonyl (C=O) groups excluding carboxylic acids is 2. The smallest absolute Gasteiger partial charge is 0.271 e. The minimum absolute atomic E-state index is 0.0405. The molecule has 0 unspecified atom stereocenters. The number of nitro groups is 1. The fourth-order valence-corrected chi connectivity index (χ4v) is 4.33. The summed E-state index contributed by atoms with van der Waals surface area (Å²) in [5.41, 5.74) is 0.233. The first-order chi connectivity index (χ1) is 17.0. The number of nitrogens with one attached hydrogen (secondary N) is 1. The summed E-state index contributed by atoms with van der Waals surface area (Å²) in [6, 6.07) is 11.6. The molecule has 2 aromatic carbocycles. The van der Waals surface area contributed by atoms with Gasteiger partial charge in [-0.15, -0.1) is 0 Å². The lowest BCUT2D eigenvalue weighted by Crippen LogP contribution is -2.51. The molecule has 0 saturated heterocycles. The van der Waals surface area contributed by atoms with Gasteiger partial charge in [0, 0.05) is 25.2 Å². The second-order valence-electron chi connectivity index (χ2n) is 8.21. The van der Waals surface area contributed by atoms with E-state index in [-0.39, 0.29) is 29.6 Å². The van der Waals surface area contributed by atoms with Gasteiger partial charge in [0.05, 0.1) is 18.3 Å². The molecule has 0 saturated carbocycles. The highest BCUT2D eigenvalue weighted by Gasteiger charge is 2.31. The summed E-state index contributed by atoms with van der Waals surface area (Å²) < 4.78 is 31.4. The van der Waals surface area contributed by atoms with Crippen LogP contribution in [0.2, 0.25) is 0 Å². The molecule has 0 radical (unpaired) electrons. The van der Waals surface area contributed by atoms with Crippen LogP contribution in [0.25, 0.3) is 0 Å². The zero-order valence-corrected chi connectivity index (χ0v) is 21.7. The Bertz CT molecular complexity index is 1170. The Morgan fingerprint density at radius 1 is 1.17 bits per heavy atom. The number of ether oxygens (including phenoxy) is 1. The lowest BCUT2D eigenvalue weighted by atomic mass is 10.1. The van der Waals surface area contributed by atoms with Gasteiger partial charge in [0.25, 0.3) is 5.69 Å². The predicted molar refractivity (Wildman–Crippen MR) is 136 cm³/mol. The molecule has 1 N–H and O–H groups in total. The van der Waals surface area contributed by atoms with Gasteiger partial charge in [0.2, 0.25) is 21.8 Å². The van der Waals surface area contributed by atoms with Gasteiger partial charge < -0.3 is 15.0 Å². The van der Waals surface area contributed by atoms with E-state index in [1.807, 2.05) is 13.0 Å². The SMILES string of the molecule is CCCCNC(=O)[C@@H](C)N(Cc1ccccc1)C(=O)CN(c1cc([N+](=O)[O-])ccc1OC)S(C)(=O)=O. The Kier molecular flexibility index (Phi) is 10.2. The molecule has 11 nitrogen and oxygen atoms in total. The Balaban J connectivity index is 2.45. The van der Waals surface area contributed by atoms with Crippen molar-refractivity contribution in [2.75, 3.05) is 30.8 Å². The highest BCUT2D eigenvalue weighted by molar-refractivity contribution is 7.92. The number of methoxy groups -OCH3 is 1. The number of benzene rings is 2. The molecular weight excluding hydrogens is 488 g/mol. The number of carbonyl (C=O) groups is 2. The third-order valence-corrected chi connectivity index (χ3v) is 6.64. The van der Waals surface area contributed by atoms with E-state index in [1.165, 1.54) is 24.1 Å². The van der Waals surface area contributed by atoms with Crippen LogP contribution < -0.4 is 14.4 Å². The molecule has 2 amide bonds. The van der Waals surface area contributed by atoms with Crippen LogP contribution >= 0.6 is 0 Å². The predicted octanol–water partition coefficient (Wildman–Crippen LogP) is 2.70. The number of amides is 2. The van der Waals surface area contributed by atoms with Crippen molar-refractivity contribution in [2.45, 2.75) is 39.3 Å². The minimum Gasteiger partial charge on any atom is -0.495 e. The second-order valence-corrected chi connectivity index (χ2v) is 10.1. The number of hydrogen-bond donors (Lipinski definition) is 1. The van der Waals surface area contributed by atoms with Crippen LogP contribution in [0, 0.1) is 10.1 Å². The Hall–Kier alpha value is -3.67. The summed E-state index contributed by atoms with van der Waals surface area (Å²) in [5, 5.41) is 14.1. The number of unbranched alkanes of at least 4 members (excludes halogenated alkanes) is 1. The van der Waals surface area contributed by atoms with E-state index in [1.54, 1.807) is 31.2 Å². The Labute approximate surface area is 211 Å². The molecule has 12 heteroatoms. The quantitative estimate of drug-likeness (QED) is 0.243. The van der Waals surface area contributed by atoms with Crippen LogP contribution in [-0.4, -0.2) is 62.6 Å². The summed E-state index contributed by atoms with van der Waals surface area (Å²) >= 11 is 0. The molecule has 196 valence electrons. The van der Waals surface area contributed by atoms with E-state index in [2.05, 4.69) is 5.32 Å². The molecule has 0 heterocycles. The van der Waals surface area contributed by atoms with Crippen LogP contribution in [0.15, 0.2) is 48.5 Å². The Morgan fingerprint density at radius 2 is 1.83 bits per heavy atom. The summed E-state index contributed by atoms with van der Waals surface area (Å²) in [7, 11) is -2.79. The maximum Gasteiger partial charge on any atom is 0.271 e. The zero-order chi connectivity index (χ0) is 26.9. The molecule has 0 aliphatic rings. The van der Waals surface area contributed by atoms with Crippen molar-refractivity contribution in [2.24, 2.45) is 0 Å². The fourth-order valence-electron chi connectivity index (χ4n) is 3.48. The number of nitro benzene ring substituents is 1.